The number of unbranched alkanes of at least 4 members (excludes halogenated alkanes) is 1. The molecule has 3 aromatic rings. The summed E-state index contributed by atoms with van der Waals surface area (Å²) in [4.78, 5) is 163. The van der Waals surface area contributed by atoms with Gasteiger partial charge in [0, 0.05) is 45.3 Å². The normalized spacial score (nSPS) is 17.0. The Hall–Kier alpha value is -8.91. The van der Waals surface area contributed by atoms with Gasteiger partial charge in [0.05, 0.1) is 6.04 Å². The number of likely N-dealkylation sites (tertiary alicyclic amines) is 2. The van der Waals surface area contributed by atoms with Crippen molar-refractivity contribution in [2.45, 2.75) is 183 Å². The highest BCUT2D eigenvalue weighted by atomic mass is 32.2. The van der Waals surface area contributed by atoms with Crippen LogP contribution in [0.4, 0.5) is 5.95 Å². The molecule has 0 spiro atoms. The highest BCUT2D eigenvalue weighted by Crippen LogP contribution is 2.25. The van der Waals surface area contributed by atoms with Crippen LogP contribution in [0.15, 0.2) is 70.2 Å². The number of thioether (sulfide) groups is 1. The zero-order valence-corrected chi connectivity index (χ0v) is 54.6. The molecule has 2 aromatic carbocycles. The lowest BCUT2D eigenvalue weighted by Gasteiger charge is -2.32. The van der Waals surface area contributed by atoms with Crippen LogP contribution in [0.1, 0.15) is 133 Å². The van der Waals surface area contributed by atoms with Gasteiger partial charge in [-0.05, 0) is 124 Å². The van der Waals surface area contributed by atoms with Crippen LogP contribution in [0.2, 0.25) is 0 Å². The first kappa shape index (κ1) is 75.8. The molecule has 0 saturated carbocycles. The van der Waals surface area contributed by atoms with Crippen LogP contribution >= 0.6 is 11.8 Å². The summed E-state index contributed by atoms with van der Waals surface area (Å²) in [6.07, 6.45) is 3.85. The second-order valence-electron chi connectivity index (χ2n) is 23.9. The SMILES string of the molecule is CSCC[C@H](NC(=O)[C@H](CC(C)C)Nc1noc([C@H](Cc2ccccc2)NC(=O)[C@H](Cc2ccccc2)NC(=O)[C@H](CCC(N)=O)NC(=O)[C@H](CCC(N)=O)NC(=O)[C@@H]2CCCN2C(=O)[C@H](CCCCN)NC(=O)[C@@H]2CCCN2C(=O)[C@@H](N)CCCN=C(N)N)n1)C(N)=O. The van der Waals surface area contributed by atoms with E-state index >= 15 is 0 Å². The molecule has 0 bridgehead atoms. The van der Waals surface area contributed by atoms with E-state index in [0.29, 0.717) is 62.8 Å². The predicted molar refractivity (Wildman–Crippen MR) is 351 cm³/mol. The van der Waals surface area contributed by atoms with Gasteiger partial charge in [-0.2, -0.15) is 16.7 Å². The third kappa shape index (κ3) is 24.9. The van der Waals surface area contributed by atoms with Crippen LogP contribution in [-0.2, 0) is 65.6 Å². The molecule has 10 atom stereocenters. The smallest absolute Gasteiger partial charge is 0.264 e. The van der Waals surface area contributed by atoms with Crippen molar-refractivity contribution in [3.05, 3.63) is 77.7 Å². The highest BCUT2D eigenvalue weighted by molar-refractivity contribution is 7.98. The highest BCUT2D eigenvalue weighted by Gasteiger charge is 2.42. The Balaban J connectivity index is 1.37. The van der Waals surface area contributed by atoms with Crippen LogP contribution in [0.5, 0.6) is 0 Å². The van der Waals surface area contributed by atoms with Gasteiger partial charge >= 0.3 is 0 Å². The maximum atomic E-state index is 14.8. The summed E-state index contributed by atoms with van der Waals surface area (Å²) in [5.74, 6) is -7.73. The standard InChI is InChI=1S/C62H95N19O12S/c1-36(2)33-44(54(87)71-40(51(67)84)27-32-94-3)77-62-78-58(93-79-62)46(35-38-17-8-5-9-18-38)76-55(88)45(34-37-15-6-4-7-16-37)75-53(86)41(23-25-49(65)82)72-52(85)42(24-26-50(66)83)73-56(89)48-22-14-31-81(48)60(92)43(20-10-11-28-63)74-57(90)47-21-13-30-80(47)59(91)39(64)19-12-29-70-61(68)69/h4-9,15-18,36,39-48H,10-14,19-35,63-64H2,1-3H3,(H2,65,82)(H2,66,83)(H2,67,84)(H,71,87)(H,72,85)(H,73,89)(H,74,90)(H,75,86)(H,76,88)(H,77,79)(H4,68,69,70)/t39-,40-,41-,42-,43-,44-,45-,46-,47-,48-/m0/s1. The Morgan fingerprint density at radius 1 is 0.606 bits per heavy atom. The lowest BCUT2D eigenvalue weighted by Crippen LogP contribution is -2.59. The van der Waals surface area contributed by atoms with Gasteiger partial charge in [-0.25, -0.2) is 0 Å². The maximum absolute atomic E-state index is 14.8. The number of benzene rings is 2. The lowest BCUT2D eigenvalue weighted by atomic mass is 10.0. The Kier molecular flexibility index (Phi) is 31.4. The molecule has 21 N–H and O–H groups in total. The third-order valence-electron chi connectivity index (χ3n) is 16.0. The molecule has 31 nitrogen and oxygen atoms in total. The van der Waals surface area contributed by atoms with E-state index in [-0.39, 0.29) is 88.3 Å². The number of carbonyl (C=O) groups excluding carboxylic acids is 11. The van der Waals surface area contributed by atoms with E-state index in [1.165, 1.54) is 21.6 Å². The van der Waals surface area contributed by atoms with Crippen LogP contribution in [0.3, 0.4) is 0 Å². The van der Waals surface area contributed by atoms with Gasteiger partial charge in [0.1, 0.15) is 54.4 Å². The summed E-state index contributed by atoms with van der Waals surface area (Å²) in [7, 11) is 0. The van der Waals surface area contributed by atoms with E-state index in [1.54, 1.807) is 48.5 Å². The minimum absolute atomic E-state index is 0.0147. The first-order valence-corrected chi connectivity index (χ1v) is 33.3. The lowest BCUT2D eigenvalue weighted by molar-refractivity contribution is -0.144. The van der Waals surface area contributed by atoms with Crippen molar-refractivity contribution in [3.63, 3.8) is 0 Å². The zero-order valence-electron chi connectivity index (χ0n) is 53.8. The van der Waals surface area contributed by atoms with E-state index < -0.39 is 145 Å². The Labute approximate surface area is 551 Å². The summed E-state index contributed by atoms with van der Waals surface area (Å²) < 4.78 is 5.75. The van der Waals surface area contributed by atoms with Gasteiger partial charge in [0.15, 0.2) is 5.96 Å². The molecule has 0 unspecified atom stereocenters. The van der Waals surface area contributed by atoms with Crippen molar-refractivity contribution in [1.82, 2.24) is 51.8 Å². The molecule has 94 heavy (non-hydrogen) atoms. The number of hydrogen-bond donors (Lipinski definition) is 14. The summed E-state index contributed by atoms with van der Waals surface area (Å²) in [5, 5.41) is 23.6. The fraction of sp³-hybridized carbons (Fsp3) is 0.581. The molecule has 32 heteroatoms. The number of guanidine groups is 1. The van der Waals surface area contributed by atoms with E-state index in [9.17, 15) is 52.7 Å². The molecule has 1 aromatic heterocycles. The fourth-order valence-corrected chi connectivity index (χ4v) is 11.5. The number of primary amides is 3. The minimum atomic E-state index is -1.59. The molecule has 2 fully saturated rings. The van der Waals surface area contributed by atoms with Crippen LogP contribution < -0.4 is 77.4 Å². The number of nitrogens with two attached hydrogens (primary N) is 7. The molecule has 2 saturated heterocycles. The van der Waals surface area contributed by atoms with Gasteiger partial charge < -0.3 is 91.7 Å². The van der Waals surface area contributed by atoms with Crippen molar-refractivity contribution in [2.75, 3.05) is 43.5 Å². The van der Waals surface area contributed by atoms with Crippen molar-refractivity contribution in [3.8, 4) is 0 Å². The fourth-order valence-electron chi connectivity index (χ4n) is 11.1. The molecule has 0 aliphatic carbocycles. The number of anilines is 1. The van der Waals surface area contributed by atoms with E-state index in [1.807, 2.05) is 32.2 Å². The summed E-state index contributed by atoms with van der Waals surface area (Å²) >= 11 is 1.49. The molecule has 5 rings (SSSR count). The number of hydrogen-bond acceptors (Lipinski definition) is 19. The second-order valence-corrected chi connectivity index (χ2v) is 24.9. The number of aliphatic imine (C=N–C) groups is 1. The maximum Gasteiger partial charge on any atom is 0.264 e. The number of aromatic nitrogens is 2. The summed E-state index contributed by atoms with van der Waals surface area (Å²) in [6.45, 7) is 4.72. The topological polar surface area (TPSA) is 512 Å². The quantitative estimate of drug-likeness (QED) is 0.0170. The Morgan fingerprint density at radius 3 is 1.67 bits per heavy atom. The van der Waals surface area contributed by atoms with Gasteiger partial charge in [-0.3, -0.25) is 57.7 Å². The monoisotopic (exact) mass is 1330 g/mol. The van der Waals surface area contributed by atoms with Crippen molar-refractivity contribution in [2.24, 2.45) is 51.0 Å². The zero-order chi connectivity index (χ0) is 68.9. The Morgan fingerprint density at radius 2 is 1.13 bits per heavy atom. The van der Waals surface area contributed by atoms with Gasteiger partial charge in [0.25, 0.3) is 11.8 Å². The van der Waals surface area contributed by atoms with Crippen molar-refractivity contribution in [1.29, 1.82) is 0 Å². The summed E-state index contributed by atoms with van der Waals surface area (Å²) in [5.41, 5.74) is 41.0. The molecule has 3 heterocycles. The van der Waals surface area contributed by atoms with E-state index in [0.717, 1.165) is 5.56 Å². The van der Waals surface area contributed by atoms with Gasteiger partial charge in [-0.15, -0.1) is 0 Å². The molecule has 2 aliphatic heterocycles. The largest absolute Gasteiger partial charge is 0.370 e. The van der Waals surface area contributed by atoms with Gasteiger partial charge in [0.2, 0.25) is 65.0 Å². The third-order valence-corrected chi connectivity index (χ3v) is 16.6. The van der Waals surface area contributed by atoms with Crippen LogP contribution in [0.25, 0.3) is 0 Å². The first-order chi connectivity index (χ1) is 44.9. The molecule has 516 valence electrons. The van der Waals surface area contributed by atoms with Crippen LogP contribution in [-0.4, -0.2) is 183 Å². The number of rotatable bonds is 41. The van der Waals surface area contributed by atoms with Gasteiger partial charge in [-0.1, -0.05) is 74.5 Å². The molecule has 2 aliphatic rings. The predicted octanol–water partition coefficient (Wildman–Crippen LogP) is -1.78. The van der Waals surface area contributed by atoms with E-state index in [2.05, 4.69) is 52.4 Å². The molecule has 0 radical (unpaired) electrons. The average Bonchev–Trinajstić information content (AvgIpc) is 1.60. The van der Waals surface area contributed by atoms with Crippen molar-refractivity contribution < 1.29 is 57.3 Å². The minimum Gasteiger partial charge on any atom is -0.370 e. The first-order valence-electron chi connectivity index (χ1n) is 31.9. The second kappa shape index (κ2) is 38.9. The van der Waals surface area contributed by atoms with E-state index in [4.69, 9.17) is 44.7 Å². The van der Waals surface area contributed by atoms with Crippen LogP contribution in [0, 0.1) is 5.92 Å². The molecular formula is C62H95N19O12S. The number of carbonyl (C=O) groups is 11. The molecule has 11 amide bonds. The van der Waals surface area contributed by atoms with Crippen molar-refractivity contribution >= 4 is 88.6 Å². The number of amides is 11. The molecular weight excluding hydrogens is 1230 g/mol. The average molecular weight is 1330 g/mol. The number of nitrogens with zero attached hydrogens (tertiary/aromatic N) is 5. The summed E-state index contributed by atoms with van der Waals surface area (Å²) in [6, 6.07) is 5.99. The Bertz CT molecular complexity index is 3050. The number of nitrogens with one attached hydrogen (secondary N) is 7.